The molecule has 1 aliphatic carbocycles. The molecule has 0 bridgehead atoms. The molecular formula is C12H25NO2S. The zero-order valence-corrected chi connectivity index (χ0v) is 11.4. The summed E-state index contributed by atoms with van der Waals surface area (Å²) in [4.78, 5) is 0. The number of rotatable bonds is 6. The molecule has 16 heavy (non-hydrogen) atoms. The maximum Gasteiger partial charge on any atom is 0.151 e. The SMILES string of the molecule is CCCS(=O)(=O)CCN[C@H]1CCCC[C@@H]1C. The second-order valence-corrected chi connectivity index (χ2v) is 7.28. The van der Waals surface area contributed by atoms with E-state index in [0.717, 1.165) is 6.42 Å². The van der Waals surface area contributed by atoms with Crippen LogP contribution in [0.15, 0.2) is 0 Å². The lowest BCUT2D eigenvalue weighted by atomic mass is 9.86. The van der Waals surface area contributed by atoms with Crippen LogP contribution in [-0.2, 0) is 9.84 Å². The van der Waals surface area contributed by atoms with Crippen molar-refractivity contribution in [3.8, 4) is 0 Å². The van der Waals surface area contributed by atoms with E-state index in [-0.39, 0.29) is 0 Å². The molecule has 0 aromatic heterocycles. The van der Waals surface area contributed by atoms with Crippen LogP contribution in [0.1, 0.15) is 46.0 Å². The van der Waals surface area contributed by atoms with E-state index in [4.69, 9.17) is 0 Å². The van der Waals surface area contributed by atoms with Crippen LogP contribution in [0.3, 0.4) is 0 Å². The zero-order chi connectivity index (χ0) is 12.0. The van der Waals surface area contributed by atoms with Crippen molar-refractivity contribution in [3.05, 3.63) is 0 Å². The van der Waals surface area contributed by atoms with Gasteiger partial charge in [-0.05, 0) is 25.2 Å². The van der Waals surface area contributed by atoms with Crippen LogP contribution in [-0.4, -0.2) is 32.5 Å². The van der Waals surface area contributed by atoms with Gasteiger partial charge >= 0.3 is 0 Å². The monoisotopic (exact) mass is 247 g/mol. The minimum absolute atomic E-state index is 0.296. The summed E-state index contributed by atoms with van der Waals surface area (Å²) >= 11 is 0. The van der Waals surface area contributed by atoms with E-state index in [1.807, 2.05) is 6.92 Å². The number of sulfone groups is 1. The van der Waals surface area contributed by atoms with Crippen molar-refractivity contribution < 1.29 is 8.42 Å². The van der Waals surface area contributed by atoms with Crippen molar-refractivity contribution in [2.75, 3.05) is 18.1 Å². The van der Waals surface area contributed by atoms with Gasteiger partial charge in [0.25, 0.3) is 0 Å². The molecule has 1 fully saturated rings. The maximum atomic E-state index is 11.5. The van der Waals surface area contributed by atoms with Crippen LogP contribution in [0.5, 0.6) is 0 Å². The highest BCUT2D eigenvalue weighted by molar-refractivity contribution is 7.91. The Morgan fingerprint density at radius 3 is 2.50 bits per heavy atom. The van der Waals surface area contributed by atoms with Gasteiger partial charge in [-0.2, -0.15) is 0 Å². The average Bonchev–Trinajstić information content (AvgIpc) is 2.20. The van der Waals surface area contributed by atoms with Crippen molar-refractivity contribution in [1.29, 1.82) is 0 Å². The van der Waals surface area contributed by atoms with Gasteiger partial charge in [-0.1, -0.05) is 26.7 Å². The van der Waals surface area contributed by atoms with Gasteiger partial charge in [0.1, 0.15) is 0 Å². The van der Waals surface area contributed by atoms with Crippen LogP contribution >= 0.6 is 0 Å². The smallest absolute Gasteiger partial charge is 0.151 e. The summed E-state index contributed by atoms with van der Waals surface area (Å²) < 4.78 is 23.0. The topological polar surface area (TPSA) is 46.2 Å². The van der Waals surface area contributed by atoms with Crippen LogP contribution in [0.2, 0.25) is 0 Å². The summed E-state index contributed by atoms with van der Waals surface area (Å²) in [5.41, 5.74) is 0. The second-order valence-electron chi connectivity index (χ2n) is 4.97. The standard InChI is InChI=1S/C12H25NO2S/c1-3-9-16(14,15)10-8-13-12-7-5-4-6-11(12)2/h11-13H,3-10H2,1-2H3/t11-,12-/m0/s1. The summed E-state index contributed by atoms with van der Waals surface area (Å²) in [6, 6.07) is 0.533. The lowest BCUT2D eigenvalue weighted by molar-refractivity contribution is 0.285. The Hall–Kier alpha value is -0.0900. The van der Waals surface area contributed by atoms with Crippen molar-refractivity contribution in [2.24, 2.45) is 5.92 Å². The molecule has 1 aliphatic rings. The Balaban J connectivity index is 2.24. The molecule has 0 radical (unpaired) electrons. The second kappa shape index (κ2) is 6.60. The Labute approximate surface area is 99.9 Å². The largest absolute Gasteiger partial charge is 0.313 e. The molecule has 4 heteroatoms. The van der Waals surface area contributed by atoms with Crippen LogP contribution in [0, 0.1) is 5.92 Å². The molecule has 0 amide bonds. The molecule has 0 saturated heterocycles. The van der Waals surface area contributed by atoms with E-state index in [2.05, 4.69) is 12.2 Å². The van der Waals surface area contributed by atoms with E-state index in [0.29, 0.717) is 30.0 Å². The van der Waals surface area contributed by atoms with Gasteiger partial charge in [-0.15, -0.1) is 0 Å². The first-order valence-corrected chi connectivity index (χ1v) is 8.31. The van der Waals surface area contributed by atoms with E-state index < -0.39 is 9.84 Å². The molecule has 3 nitrogen and oxygen atoms in total. The van der Waals surface area contributed by atoms with E-state index in [1.54, 1.807) is 0 Å². The first-order chi connectivity index (χ1) is 7.55. The van der Waals surface area contributed by atoms with Crippen molar-refractivity contribution >= 4 is 9.84 Å². The summed E-state index contributed by atoms with van der Waals surface area (Å²) in [7, 11) is -2.81. The maximum absolute atomic E-state index is 11.5. The first-order valence-electron chi connectivity index (χ1n) is 6.49. The predicted molar refractivity (Wildman–Crippen MR) is 68.4 cm³/mol. The molecule has 96 valence electrons. The van der Waals surface area contributed by atoms with E-state index in [1.165, 1.54) is 25.7 Å². The Kier molecular flexibility index (Phi) is 5.76. The molecule has 0 spiro atoms. The van der Waals surface area contributed by atoms with E-state index >= 15 is 0 Å². The van der Waals surface area contributed by atoms with Crippen LogP contribution in [0.4, 0.5) is 0 Å². The third kappa shape index (κ3) is 4.83. The summed E-state index contributed by atoms with van der Waals surface area (Å²) in [5.74, 6) is 1.32. The van der Waals surface area contributed by atoms with Gasteiger partial charge in [0, 0.05) is 18.3 Å². The van der Waals surface area contributed by atoms with Crippen molar-refractivity contribution in [3.63, 3.8) is 0 Å². The number of hydrogen-bond acceptors (Lipinski definition) is 3. The number of hydrogen-bond donors (Lipinski definition) is 1. The van der Waals surface area contributed by atoms with Crippen LogP contribution < -0.4 is 5.32 Å². The van der Waals surface area contributed by atoms with Crippen LogP contribution in [0.25, 0.3) is 0 Å². The molecule has 0 heterocycles. The van der Waals surface area contributed by atoms with Gasteiger partial charge in [-0.25, -0.2) is 8.42 Å². The minimum atomic E-state index is -2.81. The minimum Gasteiger partial charge on any atom is -0.313 e. The Morgan fingerprint density at radius 1 is 1.19 bits per heavy atom. The van der Waals surface area contributed by atoms with Crippen molar-refractivity contribution in [1.82, 2.24) is 5.32 Å². The molecule has 0 unspecified atom stereocenters. The Morgan fingerprint density at radius 2 is 1.88 bits per heavy atom. The first kappa shape index (κ1) is 14.0. The summed E-state index contributed by atoms with van der Waals surface area (Å²) in [5, 5.41) is 3.41. The van der Waals surface area contributed by atoms with Gasteiger partial charge in [0.2, 0.25) is 0 Å². The highest BCUT2D eigenvalue weighted by Crippen LogP contribution is 2.23. The molecule has 0 aromatic carbocycles. The molecule has 0 aromatic rings. The van der Waals surface area contributed by atoms with Gasteiger partial charge < -0.3 is 5.32 Å². The predicted octanol–water partition coefficient (Wildman–Crippen LogP) is 1.98. The molecule has 2 atom stereocenters. The van der Waals surface area contributed by atoms with Gasteiger partial charge in [-0.3, -0.25) is 0 Å². The highest BCUT2D eigenvalue weighted by atomic mass is 32.2. The third-order valence-corrected chi connectivity index (χ3v) is 5.30. The molecule has 1 saturated carbocycles. The fraction of sp³-hybridized carbons (Fsp3) is 1.00. The van der Waals surface area contributed by atoms with E-state index in [9.17, 15) is 8.42 Å². The molecule has 1 rings (SSSR count). The molecule has 1 N–H and O–H groups in total. The quantitative estimate of drug-likeness (QED) is 0.780. The fourth-order valence-electron chi connectivity index (χ4n) is 2.43. The number of nitrogens with one attached hydrogen (secondary N) is 1. The summed E-state index contributed by atoms with van der Waals surface area (Å²) in [6.07, 6.45) is 5.81. The average molecular weight is 247 g/mol. The Bertz CT molecular complexity index is 287. The zero-order valence-electron chi connectivity index (χ0n) is 10.5. The van der Waals surface area contributed by atoms with Gasteiger partial charge in [0.15, 0.2) is 9.84 Å². The van der Waals surface area contributed by atoms with Crippen molar-refractivity contribution in [2.45, 2.75) is 52.0 Å². The fourth-order valence-corrected chi connectivity index (χ4v) is 3.69. The third-order valence-electron chi connectivity index (χ3n) is 3.45. The highest BCUT2D eigenvalue weighted by Gasteiger charge is 2.21. The lowest BCUT2D eigenvalue weighted by Crippen LogP contribution is -2.39. The molecule has 0 aliphatic heterocycles. The molecular weight excluding hydrogens is 222 g/mol. The normalized spacial score (nSPS) is 26.9. The summed E-state index contributed by atoms with van der Waals surface area (Å²) in [6.45, 7) is 4.79. The lowest BCUT2D eigenvalue weighted by Gasteiger charge is -2.29. The van der Waals surface area contributed by atoms with Gasteiger partial charge in [0.05, 0.1) is 5.75 Å².